The largest absolute Gasteiger partial charge is 0.457 e. The fourth-order valence-corrected chi connectivity index (χ4v) is 2.25. The number of hydrogen-bond donors (Lipinski definition) is 0. The summed E-state index contributed by atoms with van der Waals surface area (Å²) in [6.07, 6.45) is 0. The van der Waals surface area contributed by atoms with Gasteiger partial charge in [-0.2, -0.15) is 0 Å². The Morgan fingerprint density at radius 2 is 0.652 bits per heavy atom. The molecule has 0 saturated heterocycles. The Hall–Kier alpha value is -3.06. The summed E-state index contributed by atoms with van der Waals surface area (Å²) in [6, 6.07) is 36.2. The molecule has 0 atom stereocenters. The van der Waals surface area contributed by atoms with E-state index in [9.17, 15) is 0 Å². The van der Waals surface area contributed by atoms with Gasteiger partial charge in [-0.3, -0.25) is 0 Å². The van der Waals surface area contributed by atoms with E-state index in [0.29, 0.717) is 0 Å². The Morgan fingerprint density at radius 3 is 1.00 bits per heavy atom. The Kier molecular flexibility index (Phi) is 5.04. The number of rotatable bonds is 2. The van der Waals surface area contributed by atoms with Crippen molar-refractivity contribution in [2.45, 2.75) is 0 Å². The van der Waals surface area contributed by atoms with E-state index in [4.69, 9.17) is 4.74 Å². The average molecular weight is 298 g/mol. The van der Waals surface area contributed by atoms with Gasteiger partial charge in [0.25, 0.3) is 0 Å². The van der Waals surface area contributed by atoms with Gasteiger partial charge in [0, 0.05) is 0 Å². The molecule has 4 aromatic rings. The molecule has 0 saturated carbocycles. The van der Waals surface area contributed by atoms with Crippen molar-refractivity contribution in [3.05, 3.63) is 109 Å². The van der Waals surface area contributed by atoms with Crippen molar-refractivity contribution in [2.24, 2.45) is 0 Å². The lowest BCUT2D eigenvalue weighted by Gasteiger charge is -2.03. The highest BCUT2D eigenvalue weighted by atomic mass is 16.5. The minimum Gasteiger partial charge on any atom is -0.457 e. The first-order valence-corrected chi connectivity index (χ1v) is 7.63. The molecule has 1 heteroatoms. The molecule has 0 amide bonds. The summed E-state index contributed by atoms with van der Waals surface area (Å²) in [6.45, 7) is 0. The Bertz CT molecular complexity index is 736. The summed E-state index contributed by atoms with van der Waals surface area (Å²) < 4.78 is 5.58. The molecule has 0 aliphatic heterocycles. The van der Waals surface area contributed by atoms with Crippen LogP contribution >= 0.6 is 0 Å². The number of benzene rings is 4. The van der Waals surface area contributed by atoms with E-state index >= 15 is 0 Å². The van der Waals surface area contributed by atoms with Crippen LogP contribution in [0.1, 0.15) is 0 Å². The van der Waals surface area contributed by atoms with Crippen molar-refractivity contribution in [1.29, 1.82) is 0 Å². The molecule has 0 N–H and O–H groups in total. The van der Waals surface area contributed by atoms with Gasteiger partial charge in [-0.1, -0.05) is 84.9 Å². The van der Waals surface area contributed by atoms with Crippen molar-refractivity contribution in [2.75, 3.05) is 0 Å². The second kappa shape index (κ2) is 7.81. The highest BCUT2D eigenvalue weighted by Crippen LogP contribution is 2.19. The van der Waals surface area contributed by atoms with Crippen LogP contribution in [0, 0.1) is 0 Å². The van der Waals surface area contributed by atoms with Gasteiger partial charge in [0.1, 0.15) is 11.5 Å². The average Bonchev–Trinajstić information content (AvgIpc) is 2.64. The highest BCUT2D eigenvalue weighted by Gasteiger charge is 1.92. The standard InChI is InChI=1S/C12H10O.C10H8/c1-3-7-11(8-4-1)13-12-9-5-2-6-10-12;1-2-6-10-8-4-3-7-9(10)5-1/h1-10H;1-8H. The molecule has 112 valence electrons. The molecule has 4 aromatic carbocycles. The third-order valence-electron chi connectivity index (χ3n) is 3.38. The predicted octanol–water partition coefficient (Wildman–Crippen LogP) is 6.32. The number of ether oxygens (including phenoxy) is 1. The van der Waals surface area contributed by atoms with Gasteiger partial charge in [0.2, 0.25) is 0 Å². The molecule has 0 bridgehead atoms. The van der Waals surface area contributed by atoms with Crippen molar-refractivity contribution in [3.63, 3.8) is 0 Å². The van der Waals surface area contributed by atoms with E-state index in [-0.39, 0.29) is 0 Å². The molecular formula is C22H18O. The zero-order valence-corrected chi connectivity index (χ0v) is 12.8. The van der Waals surface area contributed by atoms with Gasteiger partial charge in [-0.05, 0) is 35.0 Å². The lowest BCUT2D eigenvalue weighted by Crippen LogP contribution is -1.81. The quantitative estimate of drug-likeness (QED) is 0.421. The van der Waals surface area contributed by atoms with Gasteiger partial charge in [-0.25, -0.2) is 0 Å². The van der Waals surface area contributed by atoms with Crippen LogP contribution in [0.2, 0.25) is 0 Å². The number of para-hydroxylation sites is 2. The minimum atomic E-state index is 0.869. The monoisotopic (exact) mass is 298 g/mol. The second-order valence-corrected chi connectivity index (χ2v) is 5.08. The van der Waals surface area contributed by atoms with Crippen LogP contribution < -0.4 is 4.74 Å². The fraction of sp³-hybridized carbons (Fsp3) is 0. The summed E-state index contributed by atoms with van der Waals surface area (Å²) in [5, 5.41) is 2.62. The molecule has 0 aromatic heterocycles. The van der Waals surface area contributed by atoms with E-state index < -0.39 is 0 Å². The highest BCUT2D eigenvalue weighted by molar-refractivity contribution is 5.81. The molecule has 0 spiro atoms. The third-order valence-corrected chi connectivity index (χ3v) is 3.38. The smallest absolute Gasteiger partial charge is 0.127 e. The maximum atomic E-state index is 5.58. The Balaban J connectivity index is 0.000000140. The summed E-state index contributed by atoms with van der Waals surface area (Å²) >= 11 is 0. The SMILES string of the molecule is c1ccc(Oc2ccccc2)cc1.c1ccc2ccccc2c1. The molecule has 0 heterocycles. The van der Waals surface area contributed by atoms with Gasteiger partial charge < -0.3 is 4.74 Å². The van der Waals surface area contributed by atoms with E-state index in [2.05, 4.69) is 48.5 Å². The van der Waals surface area contributed by atoms with Crippen molar-refractivity contribution >= 4 is 10.8 Å². The van der Waals surface area contributed by atoms with E-state index in [1.165, 1.54) is 10.8 Å². The molecule has 0 fully saturated rings. The predicted molar refractivity (Wildman–Crippen MR) is 96.9 cm³/mol. The number of fused-ring (bicyclic) bond motifs is 1. The fourth-order valence-electron chi connectivity index (χ4n) is 2.25. The third kappa shape index (κ3) is 4.45. The summed E-state index contributed by atoms with van der Waals surface area (Å²) in [7, 11) is 0. The summed E-state index contributed by atoms with van der Waals surface area (Å²) in [5.41, 5.74) is 0. The van der Waals surface area contributed by atoms with Gasteiger partial charge >= 0.3 is 0 Å². The maximum absolute atomic E-state index is 5.58. The van der Waals surface area contributed by atoms with Crippen LogP contribution in [-0.4, -0.2) is 0 Å². The van der Waals surface area contributed by atoms with Gasteiger partial charge in [0.05, 0.1) is 0 Å². The Labute approximate surface area is 136 Å². The minimum absolute atomic E-state index is 0.869. The van der Waals surface area contributed by atoms with Crippen LogP contribution in [0.15, 0.2) is 109 Å². The second-order valence-electron chi connectivity index (χ2n) is 5.08. The maximum Gasteiger partial charge on any atom is 0.127 e. The Morgan fingerprint density at radius 1 is 0.348 bits per heavy atom. The summed E-state index contributed by atoms with van der Waals surface area (Å²) in [4.78, 5) is 0. The summed E-state index contributed by atoms with van der Waals surface area (Å²) in [5.74, 6) is 1.74. The van der Waals surface area contributed by atoms with Gasteiger partial charge in [-0.15, -0.1) is 0 Å². The molecule has 23 heavy (non-hydrogen) atoms. The molecule has 0 aliphatic carbocycles. The number of hydrogen-bond acceptors (Lipinski definition) is 1. The van der Waals surface area contributed by atoms with Crippen LogP contribution in [0.5, 0.6) is 11.5 Å². The molecule has 1 nitrogen and oxygen atoms in total. The molecule has 0 radical (unpaired) electrons. The lowest BCUT2D eigenvalue weighted by molar-refractivity contribution is 0.482. The van der Waals surface area contributed by atoms with E-state index in [1.54, 1.807) is 0 Å². The normalized spacial score (nSPS) is 9.74. The van der Waals surface area contributed by atoms with Crippen LogP contribution in [0.4, 0.5) is 0 Å². The van der Waals surface area contributed by atoms with E-state index in [0.717, 1.165) is 11.5 Å². The van der Waals surface area contributed by atoms with Crippen molar-refractivity contribution in [1.82, 2.24) is 0 Å². The van der Waals surface area contributed by atoms with Crippen LogP contribution in [0.3, 0.4) is 0 Å². The van der Waals surface area contributed by atoms with Gasteiger partial charge in [0.15, 0.2) is 0 Å². The molecule has 0 unspecified atom stereocenters. The lowest BCUT2D eigenvalue weighted by atomic mass is 10.1. The zero-order chi connectivity index (χ0) is 15.7. The molecule has 0 aliphatic rings. The molecule has 4 rings (SSSR count). The van der Waals surface area contributed by atoms with Crippen molar-refractivity contribution < 1.29 is 4.74 Å². The van der Waals surface area contributed by atoms with Crippen molar-refractivity contribution in [3.8, 4) is 11.5 Å². The zero-order valence-electron chi connectivity index (χ0n) is 12.8. The van der Waals surface area contributed by atoms with Crippen LogP contribution in [-0.2, 0) is 0 Å². The topological polar surface area (TPSA) is 9.23 Å². The van der Waals surface area contributed by atoms with E-state index in [1.807, 2.05) is 60.7 Å². The first-order valence-electron chi connectivity index (χ1n) is 7.63. The van der Waals surface area contributed by atoms with Crippen LogP contribution in [0.25, 0.3) is 10.8 Å². The first kappa shape index (κ1) is 14.9. The first-order chi connectivity index (χ1) is 11.4. The molecular weight excluding hydrogens is 280 g/mol.